The van der Waals surface area contributed by atoms with Crippen molar-refractivity contribution in [2.45, 2.75) is 19.9 Å². The molecule has 0 amide bonds. The van der Waals surface area contributed by atoms with E-state index in [-0.39, 0.29) is 11.8 Å². The molecule has 0 aliphatic heterocycles. The van der Waals surface area contributed by atoms with Crippen molar-refractivity contribution >= 4 is 49.2 Å². The molecule has 0 aliphatic carbocycles. The van der Waals surface area contributed by atoms with Gasteiger partial charge in [0.15, 0.2) is 0 Å². The molecule has 0 fully saturated rings. The summed E-state index contributed by atoms with van der Waals surface area (Å²) in [6.45, 7) is 3.91. The van der Waals surface area contributed by atoms with Crippen LogP contribution in [0, 0.1) is 0 Å². The van der Waals surface area contributed by atoms with Crippen LogP contribution in [0.1, 0.15) is 35.9 Å². The summed E-state index contributed by atoms with van der Waals surface area (Å²) in [5, 5.41) is 4.52. The van der Waals surface area contributed by atoms with Gasteiger partial charge in [0.05, 0.1) is 11.2 Å². The molecular weight excluding hydrogens is 395 g/mol. The fourth-order valence-corrected chi connectivity index (χ4v) is 3.28. The van der Waals surface area contributed by atoms with Crippen molar-refractivity contribution in [3.05, 3.63) is 49.6 Å². The summed E-state index contributed by atoms with van der Waals surface area (Å²) in [7, 11) is 0. The van der Waals surface area contributed by atoms with E-state index in [1.54, 1.807) is 16.8 Å². The molecule has 0 saturated carbocycles. The van der Waals surface area contributed by atoms with Gasteiger partial charge in [-0.3, -0.25) is 9.48 Å². The lowest BCUT2D eigenvalue weighted by Gasteiger charge is -2.11. The molecular formula is C13H11Br2ClN2O. The number of halogens is 3. The van der Waals surface area contributed by atoms with Crippen LogP contribution in [0.2, 0.25) is 5.02 Å². The largest absolute Gasteiger partial charge is 0.287 e. The number of carbonyl (C=O) groups is 1. The van der Waals surface area contributed by atoms with Gasteiger partial charge in [-0.1, -0.05) is 43.5 Å². The molecule has 0 N–H and O–H groups in total. The molecule has 1 heterocycles. The molecule has 100 valence electrons. The maximum atomic E-state index is 12.6. The van der Waals surface area contributed by atoms with E-state index in [0.29, 0.717) is 16.3 Å². The average Bonchev–Trinajstić information content (AvgIpc) is 2.69. The van der Waals surface area contributed by atoms with Crippen LogP contribution in [0.25, 0.3) is 0 Å². The monoisotopic (exact) mass is 404 g/mol. The molecule has 0 radical (unpaired) electrons. The Bertz CT molecular complexity index is 617. The molecule has 0 atom stereocenters. The number of benzene rings is 1. The van der Waals surface area contributed by atoms with Crippen molar-refractivity contribution in [1.29, 1.82) is 0 Å². The quantitative estimate of drug-likeness (QED) is 0.682. The molecule has 0 aliphatic rings. The van der Waals surface area contributed by atoms with Crippen molar-refractivity contribution in [2.75, 3.05) is 0 Å². The third-order valence-corrected chi connectivity index (χ3v) is 3.77. The van der Waals surface area contributed by atoms with Gasteiger partial charge >= 0.3 is 0 Å². The molecule has 1 aromatic heterocycles. The highest BCUT2D eigenvalue weighted by Gasteiger charge is 2.21. The third-order valence-electron chi connectivity index (χ3n) is 2.58. The first-order valence-electron chi connectivity index (χ1n) is 5.64. The fraction of sp³-hybridized carbons (Fsp3) is 0.231. The Morgan fingerprint density at radius 2 is 1.84 bits per heavy atom. The Hall–Kier alpha value is -0.650. The molecule has 2 rings (SSSR count). The molecule has 0 spiro atoms. The number of hydrogen-bond donors (Lipinski definition) is 0. The second-order valence-electron chi connectivity index (χ2n) is 4.37. The van der Waals surface area contributed by atoms with Crippen molar-refractivity contribution in [3.8, 4) is 0 Å². The predicted molar refractivity (Wildman–Crippen MR) is 82.9 cm³/mol. The molecule has 3 nitrogen and oxygen atoms in total. The van der Waals surface area contributed by atoms with Crippen LogP contribution in [0.3, 0.4) is 0 Å². The van der Waals surface area contributed by atoms with Crippen LogP contribution in [0.5, 0.6) is 0 Å². The van der Waals surface area contributed by atoms with Gasteiger partial charge in [0.2, 0.25) is 5.78 Å². The minimum Gasteiger partial charge on any atom is -0.287 e. The lowest BCUT2D eigenvalue weighted by molar-refractivity contribution is 0.102. The highest BCUT2D eigenvalue weighted by Crippen LogP contribution is 2.26. The zero-order valence-corrected chi connectivity index (χ0v) is 14.3. The van der Waals surface area contributed by atoms with Crippen molar-refractivity contribution < 1.29 is 4.79 Å². The number of hydrogen-bond acceptors (Lipinski definition) is 2. The van der Waals surface area contributed by atoms with Gasteiger partial charge in [0, 0.05) is 20.6 Å². The first-order chi connectivity index (χ1) is 8.90. The highest BCUT2D eigenvalue weighted by atomic mass is 79.9. The van der Waals surface area contributed by atoms with Gasteiger partial charge in [0.1, 0.15) is 5.69 Å². The topological polar surface area (TPSA) is 34.9 Å². The number of nitrogens with zero attached hydrogens (tertiary/aromatic N) is 2. The predicted octanol–water partition coefficient (Wildman–Crippen LogP) is 4.87. The van der Waals surface area contributed by atoms with Crippen LogP contribution in [0.15, 0.2) is 33.3 Å². The standard InChI is InChI=1S/C13H11Br2ClN2O/c1-7(2)18-12(11(16)6-17-18)13(19)8-3-9(14)5-10(15)4-8/h3-7H,1-2H3. The molecule has 0 saturated heterocycles. The number of aromatic nitrogens is 2. The highest BCUT2D eigenvalue weighted by molar-refractivity contribution is 9.11. The van der Waals surface area contributed by atoms with Gasteiger partial charge in [-0.2, -0.15) is 5.10 Å². The van der Waals surface area contributed by atoms with E-state index in [4.69, 9.17) is 11.6 Å². The van der Waals surface area contributed by atoms with Crippen LogP contribution in [-0.4, -0.2) is 15.6 Å². The van der Waals surface area contributed by atoms with E-state index in [1.165, 1.54) is 6.20 Å². The average molecular weight is 407 g/mol. The fourth-order valence-electron chi connectivity index (χ4n) is 1.77. The minimum atomic E-state index is -0.141. The normalized spacial score (nSPS) is 11.1. The van der Waals surface area contributed by atoms with Crippen molar-refractivity contribution in [2.24, 2.45) is 0 Å². The summed E-state index contributed by atoms with van der Waals surface area (Å²) in [5.41, 5.74) is 0.979. The Morgan fingerprint density at radius 3 is 2.37 bits per heavy atom. The summed E-state index contributed by atoms with van der Waals surface area (Å²) in [6, 6.07) is 5.47. The lowest BCUT2D eigenvalue weighted by atomic mass is 10.1. The van der Waals surface area contributed by atoms with Gasteiger partial charge < -0.3 is 0 Å². The Kier molecular flexibility index (Phi) is 4.48. The molecule has 0 bridgehead atoms. The van der Waals surface area contributed by atoms with Gasteiger partial charge in [-0.25, -0.2) is 0 Å². The summed E-state index contributed by atoms with van der Waals surface area (Å²) in [4.78, 5) is 12.6. The first-order valence-corrected chi connectivity index (χ1v) is 7.60. The number of ketones is 1. The maximum absolute atomic E-state index is 12.6. The van der Waals surface area contributed by atoms with E-state index in [1.807, 2.05) is 19.9 Å². The molecule has 1 aromatic carbocycles. The summed E-state index contributed by atoms with van der Waals surface area (Å²) in [6.07, 6.45) is 1.50. The Labute approximate surface area is 133 Å². The Morgan fingerprint density at radius 1 is 1.26 bits per heavy atom. The molecule has 0 unspecified atom stereocenters. The van der Waals surface area contributed by atoms with Crippen LogP contribution in [0.4, 0.5) is 0 Å². The van der Waals surface area contributed by atoms with Gasteiger partial charge in [-0.05, 0) is 32.0 Å². The zero-order chi connectivity index (χ0) is 14.2. The minimum absolute atomic E-state index is 0.0713. The van der Waals surface area contributed by atoms with Crippen LogP contribution >= 0.6 is 43.5 Å². The SMILES string of the molecule is CC(C)n1ncc(Cl)c1C(=O)c1cc(Br)cc(Br)c1. The summed E-state index contributed by atoms with van der Waals surface area (Å²) < 4.78 is 3.30. The lowest BCUT2D eigenvalue weighted by Crippen LogP contribution is -2.14. The second kappa shape index (κ2) is 5.77. The third kappa shape index (κ3) is 3.09. The van der Waals surface area contributed by atoms with Gasteiger partial charge in [-0.15, -0.1) is 0 Å². The smallest absolute Gasteiger partial charge is 0.212 e. The second-order valence-corrected chi connectivity index (χ2v) is 6.61. The van der Waals surface area contributed by atoms with Crippen LogP contribution in [-0.2, 0) is 0 Å². The van der Waals surface area contributed by atoms with Crippen molar-refractivity contribution in [3.63, 3.8) is 0 Å². The molecule has 2 aromatic rings. The number of rotatable bonds is 3. The van der Waals surface area contributed by atoms with E-state index in [9.17, 15) is 4.79 Å². The first kappa shape index (κ1) is 14.8. The number of carbonyl (C=O) groups excluding carboxylic acids is 1. The van der Waals surface area contributed by atoms with E-state index in [2.05, 4.69) is 37.0 Å². The maximum Gasteiger partial charge on any atom is 0.212 e. The van der Waals surface area contributed by atoms with Crippen molar-refractivity contribution in [1.82, 2.24) is 9.78 Å². The van der Waals surface area contributed by atoms with E-state index < -0.39 is 0 Å². The van der Waals surface area contributed by atoms with Gasteiger partial charge in [0.25, 0.3) is 0 Å². The van der Waals surface area contributed by atoms with E-state index >= 15 is 0 Å². The summed E-state index contributed by atoms with van der Waals surface area (Å²) in [5.74, 6) is -0.141. The Balaban J connectivity index is 2.53. The van der Waals surface area contributed by atoms with Crippen LogP contribution < -0.4 is 0 Å². The van der Waals surface area contributed by atoms with E-state index in [0.717, 1.165) is 8.95 Å². The zero-order valence-electron chi connectivity index (χ0n) is 10.3. The summed E-state index contributed by atoms with van der Waals surface area (Å²) >= 11 is 12.8. The molecule has 6 heteroatoms. The molecule has 19 heavy (non-hydrogen) atoms.